The quantitative estimate of drug-likeness (QED) is 0.0823. The number of aliphatic carboxylic acids is 1. The highest BCUT2D eigenvalue weighted by atomic mass is 35.5. The molecule has 9 heterocycles. The van der Waals surface area contributed by atoms with Crippen molar-refractivity contribution >= 4 is 150 Å². The number of carboxylic acid groups (broad SMARTS) is 1. The van der Waals surface area contributed by atoms with E-state index in [0.717, 1.165) is 111 Å². The van der Waals surface area contributed by atoms with Gasteiger partial charge in [-0.3, -0.25) is 9.59 Å². The molecule has 9 atom stereocenters. The van der Waals surface area contributed by atoms with Crippen LogP contribution < -0.4 is 5.32 Å². The molecule has 6 aromatic rings. The van der Waals surface area contributed by atoms with Gasteiger partial charge in [0.05, 0.1) is 24.2 Å². The molecule has 0 spiro atoms. The second-order valence-corrected chi connectivity index (χ2v) is 41.6. The number of nitrogens with one attached hydrogen (secondary N) is 1. The average molecular weight is 1860 g/mol. The van der Waals surface area contributed by atoms with Gasteiger partial charge >= 0.3 is 18.2 Å². The molecule has 0 bridgehead atoms. The first-order valence-corrected chi connectivity index (χ1v) is 47.4. The smallest absolute Gasteiger partial charge is 0.410 e. The molecule has 0 unspecified atom stereocenters. The number of carbonyl (C=O) groups is 5. The summed E-state index contributed by atoms with van der Waals surface area (Å²) >= 11 is 41.5. The normalized spacial score (nSPS) is 24.0. The standard InChI is InChI=1S/C33H40Cl2N4O3S.C29H34Cl2N4OS.C22H20Cl2N2O2S.C11H22N2O2/c1-8-38(25-17-18-37(19-25)31(41)42-32(4,5)6)29(40)27-26(20(2)3)39-28(21-9-13-23(34)14-10-21)33(7,36-30(39)43-27)22-11-15-24(35)16-12-22;1-6-34(23-15-16-33(5)17-23)27(36)25-24(18(2)3)35-26(19-7-11-21(30)12-8-19)29(4,32-28(35)37-25)20-9-13-22(31)14-10-20;1-12(2)17-18(20(27)28)29-21-25-22(3,14-6-10-16(24)11-7-14)19(26(17)21)13-4-8-15(23)9-5-13;1-5-12-9-6-7-13(8-9)10(14)15-11(2,3)4/h9-16,20,25,28H,8,17-19H2,1-7H3;7-14,18,23,26H,6,15-17H2,1-5H3;4-12,19H,1-3H3,(H,27,28);9,12H,5-8H2,1-4H3/t25-,28+,33-;23-,26+,29-;19-,22+;9-/m0010/s1. The number of hydrogen-bond donors (Lipinski definition) is 2. The van der Waals surface area contributed by atoms with Crippen LogP contribution in [0.5, 0.6) is 0 Å². The van der Waals surface area contributed by atoms with E-state index in [-0.39, 0.29) is 72.0 Å². The second-order valence-electron chi connectivity index (χ2n) is 36.1. The monoisotopic (exact) mass is 1860 g/mol. The lowest BCUT2D eigenvalue weighted by Gasteiger charge is -2.37. The number of carbonyl (C=O) groups excluding carboxylic acids is 4. The van der Waals surface area contributed by atoms with Gasteiger partial charge in [0.2, 0.25) is 0 Å². The molecule has 2 N–H and O–H groups in total. The molecule has 0 saturated carbocycles. The fraction of sp³-hybridized carbons (Fsp3) is 0.474. The third kappa shape index (κ3) is 20.7. The van der Waals surface area contributed by atoms with Crippen LogP contribution in [0.1, 0.15) is 195 Å². The third-order valence-electron chi connectivity index (χ3n) is 23.7. The number of thioether (sulfide) groups is 3. The number of amides is 4. The van der Waals surface area contributed by atoms with Crippen molar-refractivity contribution < 1.29 is 38.6 Å². The van der Waals surface area contributed by atoms with E-state index in [4.69, 9.17) is 94.1 Å². The molecule has 6 aromatic carbocycles. The lowest BCUT2D eigenvalue weighted by molar-refractivity contribution is -0.132. The maximum absolute atomic E-state index is 14.4. The summed E-state index contributed by atoms with van der Waals surface area (Å²) in [5.41, 5.74) is 6.38. The molecule has 29 heteroatoms. The topological polar surface area (TPSA) is 199 Å². The Morgan fingerprint density at radius 1 is 0.452 bits per heavy atom. The van der Waals surface area contributed by atoms with E-state index in [1.807, 2.05) is 189 Å². The van der Waals surface area contributed by atoms with Crippen molar-refractivity contribution in [1.29, 1.82) is 0 Å². The molecule has 0 aliphatic carbocycles. The molecule has 0 aromatic heterocycles. The Hall–Kier alpha value is -7.39. The second kappa shape index (κ2) is 39.3. The number of likely N-dealkylation sites (tertiary alicyclic amines) is 3. The van der Waals surface area contributed by atoms with Crippen LogP contribution in [0.3, 0.4) is 0 Å². The minimum Gasteiger partial charge on any atom is -0.477 e. The first-order chi connectivity index (χ1) is 58.5. The Bertz CT molecular complexity index is 5120. The van der Waals surface area contributed by atoms with Gasteiger partial charge in [-0.2, -0.15) is 0 Å². The summed E-state index contributed by atoms with van der Waals surface area (Å²) in [6, 6.07) is 47.2. The van der Waals surface area contributed by atoms with Gasteiger partial charge in [0.25, 0.3) is 11.8 Å². The molecule has 20 nitrogen and oxygen atoms in total. The van der Waals surface area contributed by atoms with E-state index in [9.17, 15) is 29.1 Å². The maximum atomic E-state index is 14.4. The van der Waals surface area contributed by atoms with Crippen molar-refractivity contribution in [3.8, 4) is 0 Å². The number of allylic oxidation sites excluding steroid dienone is 3. The zero-order valence-electron chi connectivity index (χ0n) is 74.3. The van der Waals surface area contributed by atoms with Gasteiger partial charge in [0.1, 0.15) is 42.5 Å². The molecular formula is C95H116Cl6N12O8S3. The van der Waals surface area contributed by atoms with Crippen LogP contribution in [-0.4, -0.2) is 185 Å². The molecular weight excluding hydrogens is 1750 g/mol. The maximum Gasteiger partial charge on any atom is 0.410 e. The number of rotatable bonds is 18. The number of aliphatic imine (C=N–C) groups is 3. The molecule has 3 fully saturated rings. The van der Waals surface area contributed by atoms with Crippen molar-refractivity contribution in [3.05, 3.63) is 241 Å². The number of carboxylic acids is 1. The highest BCUT2D eigenvalue weighted by Gasteiger charge is 2.57. The van der Waals surface area contributed by atoms with Gasteiger partial charge < -0.3 is 59.1 Å². The molecule has 9 aliphatic rings. The van der Waals surface area contributed by atoms with Crippen molar-refractivity contribution in [1.82, 2.24) is 44.5 Å². The summed E-state index contributed by atoms with van der Waals surface area (Å²) in [5.74, 6) is -0.583. The lowest BCUT2D eigenvalue weighted by atomic mass is 9.81. The largest absolute Gasteiger partial charge is 0.477 e. The molecule has 4 amide bonds. The van der Waals surface area contributed by atoms with Crippen molar-refractivity contribution in [2.45, 2.75) is 208 Å². The molecule has 9 aliphatic heterocycles. The van der Waals surface area contributed by atoms with Gasteiger partial charge in [-0.15, -0.1) is 0 Å². The van der Waals surface area contributed by atoms with E-state index in [0.29, 0.717) is 83.8 Å². The van der Waals surface area contributed by atoms with Crippen LogP contribution in [0.4, 0.5) is 9.59 Å². The van der Waals surface area contributed by atoms with Crippen LogP contribution in [0.15, 0.2) is 192 Å². The number of hydrogen-bond acceptors (Lipinski definition) is 18. The third-order valence-corrected chi connectivity index (χ3v) is 28.4. The van der Waals surface area contributed by atoms with E-state index in [1.165, 1.54) is 35.3 Å². The number of likely N-dealkylation sites (N-methyl/N-ethyl adjacent to an activating group) is 4. The molecule has 124 heavy (non-hydrogen) atoms. The Balaban J connectivity index is 0.000000158. The summed E-state index contributed by atoms with van der Waals surface area (Å²) in [7, 11) is 2.13. The van der Waals surface area contributed by atoms with Gasteiger partial charge in [0, 0.05) is 105 Å². The van der Waals surface area contributed by atoms with Gasteiger partial charge in [-0.05, 0) is 275 Å². The van der Waals surface area contributed by atoms with Gasteiger partial charge in [-0.1, -0.05) is 191 Å². The molecule has 664 valence electrons. The Morgan fingerprint density at radius 2 is 0.742 bits per heavy atom. The number of ether oxygens (including phenoxy) is 2. The first kappa shape index (κ1) is 95.7. The number of halogens is 6. The van der Waals surface area contributed by atoms with E-state index in [2.05, 4.69) is 123 Å². The molecule has 0 radical (unpaired) electrons. The van der Waals surface area contributed by atoms with Crippen LogP contribution in [0.2, 0.25) is 30.1 Å². The minimum absolute atomic E-state index is 0.0209. The molecule has 15 rings (SSSR count). The fourth-order valence-corrected chi connectivity index (χ4v) is 22.7. The van der Waals surface area contributed by atoms with Crippen LogP contribution >= 0.6 is 105 Å². The van der Waals surface area contributed by atoms with Crippen LogP contribution in [0, 0.1) is 17.8 Å². The van der Waals surface area contributed by atoms with Crippen molar-refractivity contribution in [2.75, 3.05) is 66.0 Å². The summed E-state index contributed by atoms with van der Waals surface area (Å²) in [6.07, 6.45) is 2.21. The summed E-state index contributed by atoms with van der Waals surface area (Å²) in [5, 5.41) is 19.6. The lowest BCUT2D eigenvalue weighted by Crippen LogP contribution is -2.44. The number of nitrogens with zero attached hydrogens (tertiary/aromatic N) is 11. The zero-order chi connectivity index (χ0) is 90.1. The predicted molar refractivity (Wildman–Crippen MR) is 510 cm³/mol. The SMILES string of the molecule is CC(C)C1=C(C(=O)O)SC2=N[C@@](C)(c3ccc(Cl)cc3)[C@@H](c3ccc(Cl)cc3)N21.CCN(C(=O)C1=C(C(C)C)N2C(=N[C@@](C)(c3ccc(Cl)cc3)[C@H]2c2ccc(Cl)cc2)S1)[C@H]1CCN(C(=O)OC(C)(C)C)C1.CCN(C(=O)C1=C(C(C)C)N2C(=N[C@@](C)(c3ccc(Cl)cc3)[C@H]2c2ccc(Cl)cc2)S1)[C@H]1CCN(C)C1.CCN[C@H]1CCN(C(=O)OC(C)(C)C)C1. The van der Waals surface area contributed by atoms with Crippen LogP contribution in [0.25, 0.3) is 0 Å². The first-order valence-electron chi connectivity index (χ1n) is 42.7. The predicted octanol–water partition coefficient (Wildman–Crippen LogP) is 22.8. The molecule has 3 saturated heterocycles. The van der Waals surface area contributed by atoms with Crippen molar-refractivity contribution in [2.24, 2.45) is 32.7 Å². The Morgan fingerprint density at radius 3 is 1.03 bits per heavy atom. The number of fused-ring (bicyclic) bond motifs is 3. The van der Waals surface area contributed by atoms with Gasteiger partial charge in [0.15, 0.2) is 15.5 Å². The summed E-state index contributed by atoms with van der Waals surface area (Å²) < 4.78 is 10.9. The summed E-state index contributed by atoms with van der Waals surface area (Å²) in [6.45, 7) is 43.1. The van der Waals surface area contributed by atoms with E-state index in [1.54, 1.807) is 9.80 Å². The van der Waals surface area contributed by atoms with E-state index < -0.39 is 33.8 Å². The minimum atomic E-state index is -0.918. The van der Waals surface area contributed by atoms with E-state index >= 15 is 0 Å². The highest BCUT2D eigenvalue weighted by molar-refractivity contribution is 8.18. The highest BCUT2D eigenvalue weighted by Crippen LogP contribution is 2.60. The number of amidine groups is 3. The Labute approximate surface area is 774 Å². The fourth-order valence-electron chi connectivity index (χ4n) is 18.0. The Kier molecular flexibility index (Phi) is 30.3. The average Bonchev–Trinajstić information content (AvgIpc) is 1.66. The number of benzene rings is 6. The zero-order valence-corrected chi connectivity index (χ0v) is 81.2. The van der Waals surface area contributed by atoms with Crippen molar-refractivity contribution in [3.63, 3.8) is 0 Å². The van der Waals surface area contributed by atoms with Crippen LogP contribution in [-0.2, 0) is 40.5 Å². The van der Waals surface area contributed by atoms with Gasteiger partial charge in [-0.25, -0.2) is 29.4 Å². The summed E-state index contributed by atoms with van der Waals surface area (Å²) in [4.78, 5) is 98.8.